The minimum atomic E-state index is -2.62. The van der Waals surface area contributed by atoms with Crippen molar-refractivity contribution in [2.75, 3.05) is 0 Å². The van der Waals surface area contributed by atoms with Gasteiger partial charge in [0.25, 0.3) is 0 Å². The maximum absolute atomic E-state index is 8.81. The molecule has 0 unspecified atom stereocenters. The molecule has 0 saturated heterocycles. The molecule has 2 N–H and O–H groups in total. The number of aryl methyl sites for hydroxylation is 2. The molecule has 2 aromatic rings. The number of rotatable bonds is 0. The van der Waals surface area contributed by atoms with Crippen molar-refractivity contribution in [3.63, 3.8) is 0 Å². The van der Waals surface area contributed by atoms with Crippen LogP contribution in [0.2, 0.25) is 0 Å². The Morgan fingerprint density at radius 3 is 2.38 bits per heavy atom. The lowest BCUT2D eigenvalue weighted by atomic mass is 10.1. The number of nitrogens with two attached hydrogens (primary N) is 1. The molecule has 0 aliphatic heterocycles. The molecule has 16 heavy (non-hydrogen) atoms. The van der Waals surface area contributed by atoms with Crippen LogP contribution in [0.1, 0.15) is 11.3 Å². The molecule has 0 atom stereocenters. The van der Waals surface area contributed by atoms with Crippen LogP contribution in [0.25, 0.3) is 10.9 Å². The quantitative estimate of drug-likeness (QED) is 0.680. The number of thiol groups is 1. The van der Waals surface area contributed by atoms with E-state index in [2.05, 4.69) is 29.2 Å². The summed E-state index contributed by atoms with van der Waals surface area (Å²) in [6.45, 7) is 4.14. The monoisotopic (exact) mass is 238 g/mol. The third-order valence-corrected chi connectivity index (χ3v) is 2.17. The highest BCUT2D eigenvalue weighted by Crippen LogP contribution is 2.14. The highest BCUT2D eigenvalue weighted by atomic mass is 32.2. The van der Waals surface area contributed by atoms with Gasteiger partial charge in [-0.05, 0) is 31.5 Å². The van der Waals surface area contributed by atoms with Crippen molar-refractivity contribution in [2.24, 2.45) is 5.14 Å². The van der Waals surface area contributed by atoms with Gasteiger partial charge in [0.05, 0.1) is 5.52 Å². The molecule has 1 aromatic carbocycles. The van der Waals surface area contributed by atoms with Gasteiger partial charge >= 0.3 is 0 Å². The molecule has 4 nitrogen and oxygen atoms in total. The first-order chi connectivity index (χ1) is 7.50. The summed E-state index contributed by atoms with van der Waals surface area (Å²) in [5, 5.41) is 5.29. The fourth-order valence-corrected chi connectivity index (χ4v) is 1.32. The van der Waals surface area contributed by atoms with E-state index in [0.717, 1.165) is 11.2 Å². The number of nitrogens with zero attached hydrogens (tertiary/aromatic N) is 1. The summed E-state index contributed by atoms with van der Waals surface area (Å²) in [6.07, 6.45) is 0. The van der Waals surface area contributed by atoms with E-state index in [4.69, 9.17) is 8.42 Å². The number of para-hydroxylation sites is 1. The second-order valence-corrected chi connectivity index (χ2v) is 3.94. The fourth-order valence-electron chi connectivity index (χ4n) is 1.32. The molecule has 0 saturated carbocycles. The Morgan fingerprint density at radius 1 is 1.19 bits per heavy atom. The number of aromatic nitrogens is 1. The van der Waals surface area contributed by atoms with Crippen LogP contribution < -0.4 is 5.14 Å². The summed E-state index contributed by atoms with van der Waals surface area (Å²) < 4.78 is 17.6. The van der Waals surface area contributed by atoms with Crippen molar-refractivity contribution in [1.29, 1.82) is 0 Å². The van der Waals surface area contributed by atoms with Gasteiger partial charge in [-0.3, -0.25) is 4.98 Å². The van der Waals surface area contributed by atoms with E-state index in [-0.39, 0.29) is 0 Å². The summed E-state index contributed by atoms with van der Waals surface area (Å²) in [7, 11) is -2.62. The maximum atomic E-state index is 8.81. The minimum Gasteiger partial charge on any atom is -0.253 e. The Bertz CT molecular complexity index is 516. The highest BCUT2D eigenvalue weighted by Gasteiger charge is 1.96. The molecular formula is C11H14N2O2S. The van der Waals surface area contributed by atoms with E-state index in [1.165, 1.54) is 10.9 Å². The molecule has 5 heteroatoms. The van der Waals surface area contributed by atoms with Gasteiger partial charge in [0.15, 0.2) is 10.9 Å². The van der Waals surface area contributed by atoms with Crippen LogP contribution in [0.15, 0.2) is 30.3 Å². The molecule has 0 radical (unpaired) electrons. The average molecular weight is 238 g/mol. The molecule has 0 bridgehead atoms. The van der Waals surface area contributed by atoms with Crippen LogP contribution >= 0.6 is 0 Å². The van der Waals surface area contributed by atoms with Crippen molar-refractivity contribution in [1.82, 2.24) is 4.98 Å². The molecule has 0 aliphatic carbocycles. The van der Waals surface area contributed by atoms with E-state index < -0.39 is 10.9 Å². The van der Waals surface area contributed by atoms with E-state index in [1.807, 2.05) is 25.1 Å². The van der Waals surface area contributed by atoms with Crippen molar-refractivity contribution >= 4 is 21.8 Å². The first-order valence-corrected chi connectivity index (χ1v) is 5.97. The molecule has 0 amide bonds. The lowest BCUT2D eigenvalue weighted by molar-refractivity contribution is 0.616. The summed E-state index contributed by atoms with van der Waals surface area (Å²) in [5.74, 6) is 0. The van der Waals surface area contributed by atoms with Gasteiger partial charge in [0.2, 0.25) is 0 Å². The average Bonchev–Trinajstić information content (AvgIpc) is 2.19. The van der Waals surface area contributed by atoms with Gasteiger partial charge in [-0.2, -0.15) is 0 Å². The number of hydrogen-bond acceptors (Lipinski definition) is 3. The summed E-state index contributed by atoms with van der Waals surface area (Å²) in [6, 6.07) is 10.4. The van der Waals surface area contributed by atoms with Crippen LogP contribution in [0.5, 0.6) is 0 Å². The van der Waals surface area contributed by atoms with Crippen molar-refractivity contribution in [2.45, 2.75) is 13.8 Å². The normalized spacial score (nSPS) is 10.0. The number of fused-ring (bicyclic) bond motifs is 1. The lowest BCUT2D eigenvalue weighted by Gasteiger charge is -2.01. The zero-order valence-electron chi connectivity index (χ0n) is 9.18. The first kappa shape index (κ1) is 12.6. The number of hydrogen-bond donors (Lipinski definition) is 2. The van der Waals surface area contributed by atoms with Gasteiger partial charge in [-0.1, -0.05) is 18.2 Å². The topological polar surface area (TPSA) is 73.0 Å². The third-order valence-electron chi connectivity index (χ3n) is 2.17. The molecule has 0 fully saturated rings. The van der Waals surface area contributed by atoms with Crippen molar-refractivity contribution in [3.05, 3.63) is 41.6 Å². The van der Waals surface area contributed by atoms with Gasteiger partial charge in [-0.15, -0.1) is 0 Å². The Balaban J connectivity index is 0.000000280. The molecule has 2 rings (SSSR count). The predicted molar refractivity (Wildman–Crippen MR) is 65.7 cm³/mol. The molecular weight excluding hydrogens is 224 g/mol. The fraction of sp³-hybridized carbons (Fsp3) is 0.182. The Kier molecular flexibility index (Phi) is 4.39. The third kappa shape index (κ3) is 3.60. The van der Waals surface area contributed by atoms with Crippen molar-refractivity contribution < 1.29 is 8.42 Å². The maximum Gasteiger partial charge on any atom is 0.198 e. The van der Waals surface area contributed by atoms with Crippen LogP contribution in [-0.2, 0) is 10.9 Å². The Hall–Kier alpha value is -1.46. The summed E-state index contributed by atoms with van der Waals surface area (Å²) in [5.41, 5.74) is 3.46. The van der Waals surface area contributed by atoms with Crippen LogP contribution in [-0.4, -0.2) is 13.4 Å². The molecule has 0 aliphatic rings. The first-order valence-electron chi connectivity index (χ1n) is 4.73. The molecule has 1 heterocycles. The van der Waals surface area contributed by atoms with Crippen LogP contribution in [0.3, 0.4) is 0 Å². The van der Waals surface area contributed by atoms with Crippen molar-refractivity contribution in [3.8, 4) is 0 Å². The molecule has 86 valence electrons. The zero-order valence-corrected chi connectivity index (χ0v) is 10.1. The standard InChI is InChI=1S/C11H11N.H3NO2S/c1-8-7-10-5-3-4-6-11(10)12-9(8)2;1-4(2)3/h3-7H,1-2H3;4H,(H2,1,2,3). The van der Waals surface area contributed by atoms with E-state index in [0.29, 0.717) is 0 Å². The minimum absolute atomic E-state index is 1.08. The predicted octanol–water partition coefficient (Wildman–Crippen LogP) is 1.32. The van der Waals surface area contributed by atoms with Gasteiger partial charge < -0.3 is 0 Å². The zero-order chi connectivity index (χ0) is 12.1. The van der Waals surface area contributed by atoms with Gasteiger partial charge in [0.1, 0.15) is 0 Å². The Labute approximate surface area is 96.2 Å². The van der Waals surface area contributed by atoms with E-state index >= 15 is 0 Å². The smallest absolute Gasteiger partial charge is 0.198 e. The largest absolute Gasteiger partial charge is 0.253 e. The second-order valence-electron chi connectivity index (χ2n) is 3.37. The molecule has 0 spiro atoms. The lowest BCUT2D eigenvalue weighted by Crippen LogP contribution is -1.87. The highest BCUT2D eigenvalue weighted by molar-refractivity contribution is 7.69. The van der Waals surface area contributed by atoms with Gasteiger partial charge in [0, 0.05) is 11.1 Å². The second kappa shape index (κ2) is 5.58. The van der Waals surface area contributed by atoms with Gasteiger partial charge in [-0.25, -0.2) is 13.6 Å². The number of benzene rings is 1. The molecule has 1 aromatic heterocycles. The SMILES string of the molecule is Cc1cc2ccccc2nc1C.N[SH](=O)=O. The number of pyridine rings is 1. The van der Waals surface area contributed by atoms with Crippen LogP contribution in [0.4, 0.5) is 0 Å². The summed E-state index contributed by atoms with van der Waals surface area (Å²) >= 11 is 0. The Morgan fingerprint density at radius 2 is 1.75 bits per heavy atom. The van der Waals surface area contributed by atoms with E-state index in [9.17, 15) is 0 Å². The summed E-state index contributed by atoms with van der Waals surface area (Å²) in [4.78, 5) is 4.48. The van der Waals surface area contributed by atoms with Crippen LogP contribution in [0, 0.1) is 13.8 Å². The van der Waals surface area contributed by atoms with E-state index in [1.54, 1.807) is 0 Å².